The Balaban J connectivity index is 2.00. The number of benzene rings is 3. The SMILES string of the molecule is CNC(=O)[C@H](Cc1ccccc1)N(Cc1ccc(Br)cc1)C(=O)CN(c1ccc(Cl)cc1)S(C)(=O)=O. The molecule has 1 N–H and O–H groups in total. The molecule has 0 unspecified atom stereocenters. The van der Waals surface area contributed by atoms with E-state index in [9.17, 15) is 18.0 Å². The van der Waals surface area contributed by atoms with Gasteiger partial charge >= 0.3 is 0 Å². The minimum Gasteiger partial charge on any atom is -0.357 e. The van der Waals surface area contributed by atoms with Crippen molar-refractivity contribution in [2.75, 3.05) is 24.2 Å². The van der Waals surface area contributed by atoms with Gasteiger partial charge in [-0.1, -0.05) is 70.0 Å². The van der Waals surface area contributed by atoms with Crippen LogP contribution in [0.4, 0.5) is 5.69 Å². The quantitative estimate of drug-likeness (QED) is 0.381. The van der Waals surface area contributed by atoms with Crippen LogP contribution in [0.15, 0.2) is 83.3 Å². The number of hydrogen-bond acceptors (Lipinski definition) is 4. The van der Waals surface area contributed by atoms with Gasteiger partial charge in [0.1, 0.15) is 12.6 Å². The third kappa shape index (κ3) is 7.56. The minimum absolute atomic E-state index is 0.120. The molecule has 0 aliphatic carbocycles. The van der Waals surface area contributed by atoms with Gasteiger partial charge < -0.3 is 10.2 Å². The second-order valence-corrected chi connectivity index (χ2v) is 11.5. The van der Waals surface area contributed by atoms with Gasteiger partial charge in [0, 0.05) is 29.5 Å². The van der Waals surface area contributed by atoms with E-state index in [0.29, 0.717) is 10.7 Å². The number of carbonyl (C=O) groups excluding carboxylic acids is 2. The van der Waals surface area contributed by atoms with E-state index in [1.54, 1.807) is 12.1 Å². The Morgan fingerprint density at radius 2 is 1.56 bits per heavy atom. The van der Waals surface area contributed by atoms with E-state index in [0.717, 1.165) is 26.2 Å². The number of likely N-dealkylation sites (N-methyl/N-ethyl adjacent to an activating group) is 1. The molecule has 0 aromatic heterocycles. The molecule has 0 saturated carbocycles. The summed E-state index contributed by atoms with van der Waals surface area (Å²) in [5.41, 5.74) is 1.97. The third-order valence-corrected chi connectivity index (χ3v) is 7.50. The molecule has 0 spiro atoms. The predicted molar refractivity (Wildman–Crippen MR) is 146 cm³/mol. The summed E-state index contributed by atoms with van der Waals surface area (Å²) in [4.78, 5) is 28.2. The number of carbonyl (C=O) groups is 2. The lowest BCUT2D eigenvalue weighted by Crippen LogP contribution is -2.52. The van der Waals surface area contributed by atoms with E-state index in [4.69, 9.17) is 11.6 Å². The van der Waals surface area contributed by atoms with E-state index < -0.39 is 28.5 Å². The number of halogens is 2. The molecule has 3 rings (SSSR count). The Morgan fingerprint density at radius 1 is 0.944 bits per heavy atom. The molecule has 0 radical (unpaired) electrons. The maximum Gasteiger partial charge on any atom is 0.244 e. The summed E-state index contributed by atoms with van der Waals surface area (Å²) < 4.78 is 27.2. The molecule has 0 aliphatic rings. The van der Waals surface area contributed by atoms with Crippen LogP contribution in [-0.2, 0) is 32.6 Å². The van der Waals surface area contributed by atoms with Crippen LogP contribution in [-0.4, -0.2) is 51.0 Å². The van der Waals surface area contributed by atoms with Gasteiger partial charge in [-0.2, -0.15) is 0 Å². The van der Waals surface area contributed by atoms with E-state index in [-0.39, 0.29) is 18.9 Å². The third-order valence-electron chi connectivity index (χ3n) is 5.58. The average molecular weight is 593 g/mol. The number of amides is 2. The Kier molecular flexibility index (Phi) is 9.53. The summed E-state index contributed by atoms with van der Waals surface area (Å²) in [7, 11) is -2.30. The van der Waals surface area contributed by atoms with Gasteiger partial charge in [-0.25, -0.2) is 8.42 Å². The van der Waals surface area contributed by atoms with Crippen LogP contribution in [0.1, 0.15) is 11.1 Å². The summed E-state index contributed by atoms with van der Waals surface area (Å²) in [5.74, 6) is -0.857. The van der Waals surface area contributed by atoms with E-state index in [1.165, 1.54) is 24.1 Å². The van der Waals surface area contributed by atoms with Crippen molar-refractivity contribution in [1.29, 1.82) is 0 Å². The molecule has 2 amide bonds. The second-order valence-electron chi connectivity index (χ2n) is 8.21. The second kappa shape index (κ2) is 12.4. The molecule has 0 saturated heterocycles. The maximum absolute atomic E-state index is 13.8. The normalized spacial score (nSPS) is 12.0. The lowest BCUT2D eigenvalue weighted by Gasteiger charge is -2.33. The smallest absolute Gasteiger partial charge is 0.244 e. The zero-order valence-corrected chi connectivity index (χ0v) is 23.1. The van der Waals surface area contributed by atoms with Crippen molar-refractivity contribution in [2.45, 2.75) is 19.0 Å². The molecular formula is C26H27BrClN3O4S. The van der Waals surface area contributed by atoms with Crippen LogP contribution < -0.4 is 9.62 Å². The first kappa shape index (κ1) is 27.7. The molecule has 10 heteroatoms. The molecule has 190 valence electrons. The van der Waals surface area contributed by atoms with Crippen molar-refractivity contribution in [2.24, 2.45) is 0 Å². The Labute approximate surface area is 225 Å². The molecular weight excluding hydrogens is 566 g/mol. The fourth-order valence-corrected chi connectivity index (χ4v) is 4.97. The van der Waals surface area contributed by atoms with Gasteiger partial charge in [-0.15, -0.1) is 0 Å². The molecule has 0 fully saturated rings. The fourth-order valence-electron chi connectivity index (χ4n) is 3.73. The molecule has 3 aromatic carbocycles. The maximum atomic E-state index is 13.8. The highest BCUT2D eigenvalue weighted by Crippen LogP contribution is 2.22. The van der Waals surface area contributed by atoms with Gasteiger partial charge in [0.2, 0.25) is 21.8 Å². The Morgan fingerprint density at radius 3 is 2.11 bits per heavy atom. The van der Waals surface area contributed by atoms with Crippen LogP contribution in [0.3, 0.4) is 0 Å². The lowest BCUT2D eigenvalue weighted by molar-refractivity contribution is -0.139. The number of hydrogen-bond donors (Lipinski definition) is 1. The summed E-state index contributed by atoms with van der Waals surface area (Å²) in [5, 5.41) is 3.09. The van der Waals surface area contributed by atoms with Crippen LogP contribution in [0.2, 0.25) is 5.02 Å². The van der Waals surface area contributed by atoms with Crippen molar-refractivity contribution in [1.82, 2.24) is 10.2 Å². The summed E-state index contributed by atoms with van der Waals surface area (Å²) in [6, 6.07) is 22.1. The Hall–Kier alpha value is -2.88. The van der Waals surface area contributed by atoms with Gasteiger partial charge in [0.25, 0.3) is 0 Å². The first-order chi connectivity index (χ1) is 17.1. The van der Waals surface area contributed by atoms with Crippen molar-refractivity contribution in [3.05, 3.63) is 99.5 Å². The van der Waals surface area contributed by atoms with E-state index in [1.807, 2.05) is 54.6 Å². The number of nitrogens with zero attached hydrogens (tertiary/aromatic N) is 2. The van der Waals surface area contributed by atoms with Gasteiger partial charge in [0.05, 0.1) is 11.9 Å². The zero-order valence-electron chi connectivity index (χ0n) is 19.9. The van der Waals surface area contributed by atoms with Gasteiger partial charge in [-0.3, -0.25) is 13.9 Å². The fraction of sp³-hybridized carbons (Fsp3) is 0.231. The van der Waals surface area contributed by atoms with Crippen LogP contribution in [0, 0.1) is 0 Å². The molecule has 0 aliphatic heterocycles. The average Bonchev–Trinajstić information content (AvgIpc) is 2.86. The van der Waals surface area contributed by atoms with Crippen molar-refractivity contribution < 1.29 is 18.0 Å². The lowest BCUT2D eigenvalue weighted by atomic mass is 10.0. The first-order valence-corrected chi connectivity index (χ1v) is 14.1. The van der Waals surface area contributed by atoms with Gasteiger partial charge in [0.15, 0.2) is 0 Å². The molecule has 7 nitrogen and oxygen atoms in total. The van der Waals surface area contributed by atoms with Crippen molar-refractivity contribution >= 4 is 55.1 Å². The highest BCUT2D eigenvalue weighted by atomic mass is 79.9. The number of rotatable bonds is 10. The molecule has 36 heavy (non-hydrogen) atoms. The van der Waals surface area contributed by atoms with Crippen LogP contribution >= 0.6 is 27.5 Å². The standard InChI is InChI=1S/C26H27BrClN3O4S/c1-29-26(33)24(16-19-6-4-3-5-7-19)30(17-20-8-10-21(27)11-9-20)25(32)18-31(36(2,34)35)23-14-12-22(28)13-15-23/h3-15,24H,16-18H2,1-2H3,(H,29,33)/t24-/m0/s1. The molecule has 1 atom stereocenters. The molecule has 3 aromatic rings. The number of nitrogens with one attached hydrogen (secondary N) is 1. The summed E-state index contributed by atoms with van der Waals surface area (Å²) in [6.07, 6.45) is 1.30. The van der Waals surface area contributed by atoms with Gasteiger partial charge in [-0.05, 0) is 47.5 Å². The van der Waals surface area contributed by atoms with Crippen molar-refractivity contribution in [3.63, 3.8) is 0 Å². The zero-order chi connectivity index (χ0) is 26.3. The van der Waals surface area contributed by atoms with Crippen molar-refractivity contribution in [3.8, 4) is 0 Å². The minimum atomic E-state index is -3.81. The summed E-state index contributed by atoms with van der Waals surface area (Å²) >= 11 is 9.37. The highest BCUT2D eigenvalue weighted by Gasteiger charge is 2.32. The highest BCUT2D eigenvalue weighted by molar-refractivity contribution is 9.10. The number of sulfonamides is 1. The van der Waals surface area contributed by atoms with Crippen LogP contribution in [0.25, 0.3) is 0 Å². The number of anilines is 1. The predicted octanol–water partition coefficient (Wildman–Crippen LogP) is 4.25. The topological polar surface area (TPSA) is 86.8 Å². The largest absolute Gasteiger partial charge is 0.357 e. The summed E-state index contributed by atoms with van der Waals surface area (Å²) in [6.45, 7) is -0.353. The first-order valence-electron chi connectivity index (χ1n) is 11.1. The van der Waals surface area contributed by atoms with Crippen LogP contribution in [0.5, 0.6) is 0 Å². The molecule has 0 heterocycles. The molecule has 0 bridgehead atoms. The monoisotopic (exact) mass is 591 g/mol. The van der Waals surface area contributed by atoms with E-state index >= 15 is 0 Å². The Bertz CT molecular complexity index is 1290. The van der Waals surface area contributed by atoms with E-state index in [2.05, 4.69) is 21.2 Å².